The first-order valence-corrected chi connectivity index (χ1v) is 5.39. The molecule has 0 spiro atoms. The summed E-state index contributed by atoms with van der Waals surface area (Å²) in [5.74, 6) is 0.741. The molecule has 1 heterocycles. The van der Waals surface area contributed by atoms with Gasteiger partial charge in [-0.1, -0.05) is 13.8 Å². The van der Waals surface area contributed by atoms with Gasteiger partial charge in [-0.25, -0.2) is 0 Å². The van der Waals surface area contributed by atoms with E-state index in [0.29, 0.717) is 0 Å². The number of nitrogens with zero attached hydrogens (tertiary/aromatic N) is 1. The van der Waals surface area contributed by atoms with Gasteiger partial charge < -0.3 is 5.32 Å². The van der Waals surface area contributed by atoms with Crippen LogP contribution >= 0.6 is 0 Å². The molecule has 1 rings (SSSR count). The van der Waals surface area contributed by atoms with E-state index < -0.39 is 0 Å². The summed E-state index contributed by atoms with van der Waals surface area (Å²) in [7, 11) is 0. The van der Waals surface area contributed by atoms with Gasteiger partial charge in [0.25, 0.3) is 0 Å². The van der Waals surface area contributed by atoms with Crippen molar-refractivity contribution in [2.75, 3.05) is 13.1 Å². The Labute approximate surface area is 86.3 Å². The Morgan fingerprint density at radius 3 is 2.86 bits per heavy atom. The molecule has 0 amide bonds. The molecule has 0 atom stereocenters. The van der Waals surface area contributed by atoms with Crippen molar-refractivity contribution >= 4 is 0 Å². The average molecular weight is 195 g/mol. The van der Waals surface area contributed by atoms with E-state index >= 15 is 0 Å². The molecule has 0 aromatic carbocycles. The maximum absolute atomic E-state index is 4.00. The van der Waals surface area contributed by atoms with Gasteiger partial charge >= 0.3 is 0 Å². The third-order valence-electron chi connectivity index (χ3n) is 2.29. The summed E-state index contributed by atoms with van der Waals surface area (Å²) < 4.78 is 0. The molecule has 14 heavy (non-hydrogen) atoms. The van der Waals surface area contributed by atoms with E-state index in [1.807, 2.05) is 6.20 Å². The quantitative estimate of drug-likeness (QED) is 0.681. The van der Waals surface area contributed by atoms with Crippen molar-refractivity contribution in [2.45, 2.75) is 33.6 Å². The van der Waals surface area contributed by atoms with Crippen molar-refractivity contribution < 1.29 is 0 Å². The van der Waals surface area contributed by atoms with Gasteiger partial charge in [0.05, 0.1) is 6.20 Å². The van der Waals surface area contributed by atoms with Gasteiger partial charge in [0.2, 0.25) is 0 Å². The summed E-state index contributed by atoms with van der Waals surface area (Å²) in [6, 6.07) is 0. The topological polar surface area (TPSA) is 40.7 Å². The van der Waals surface area contributed by atoms with Gasteiger partial charge in [0.15, 0.2) is 0 Å². The standard InChI is InChI=1S/C11H21N3/c1-9(2)7-12-6-4-5-11-8-13-14-10(11)3/h8-9,12H,4-7H2,1-3H3,(H,13,14). The first kappa shape index (κ1) is 11.2. The second-order valence-electron chi connectivity index (χ2n) is 4.22. The number of nitrogens with one attached hydrogen (secondary N) is 2. The van der Waals surface area contributed by atoms with Crippen LogP contribution < -0.4 is 5.32 Å². The fourth-order valence-corrected chi connectivity index (χ4v) is 1.42. The summed E-state index contributed by atoms with van der Waals surface area (Å²) in [4.78, 5) is 0. The number of hydrogen-bond acceptors (Lipinski definition) is 2. The number of H-pyrrole nitrogens is 1. The molecule has 0 aliphatic heterocycles. The smallest absolute Gasteiger partial charge is 0.0522 e. The SMILES string of the molecule is Cc1[nH]ncc1CCCNCC(C)C. The molecule has 0 saturated heterocycles. The Morgan fingerprint density at radius 1 is 1.50 bits per heavy atom. The summed E-state index contributed by atoms with van der Waals surface area (Å²) >= 11 is 0. The minimum absolute atomic E-state index is 0.741. The van der Waals surface area contributed by atoms with Crippen LogP contribution in [0.4, 0.5) is 0 Å². The van der Waals surface area contributed by atoms with E-state index in [0.717, 1.165) is 25.4 Å². The molecule has 0 saturated carbocycles. The highest BCUT2D eigenvalue weighted by molar-refractivity contribution is 5.14. The van der Waals surface area contributed by atoms with Crippen molar-refractivity contribution in [3.05, 3.63) is 17.5 Å². The highest BCUT2D eigenvalue weighted by Crippen LogP contribution is 2.04. The molecule has 0 aliphatic carbocycles. The monoisotopic (exact) mass is 195 g/mol. The lowest BCUT2D eigenvalue weighted by atomic mass is 10.1. The lowest BCUT2D eigenvalue weighted by Gasteiger charge is -2.06. The van der Waals surface area contributed by atoms with E-state index in [1.54, 1.807) is 0 Å². The number of aromatic nitrogens is 2. The van der Waals surface area contributed by atoms with Crippen LogP contribution in [0, 0.1) is 12.8 Å². The largest absolute Gasteiger partial charge is 0.316 e. The van der Waals surface area contributed by atoms with Crippen molar-refractivity contribution in [3.63, 3.8) is 0 Å². The molecule has 0 radical (unpaired) electrons. The van der Waals surface area contributed by atoms with Crippen molar-refractivity contribution in [1.29, 1.82) is 0 Å². The van der Waals surface area contributed by atoms with Crippen LogP contribution in [0.1, 0.15) is 31.5 Å². The molecule has 0 fully saturated rings. The first-order valence-electron chi connectivity index (χ1n) is 5.39. The molecule has 0 aliphatic rings. The van der Waals surface area contributed by atoms with Gasteiger partial charge in [-0.2, -0.15) is 5.10 Å². The number of aromatic amines is 1. The molecule has 1 aromatic heterocycles. The fraction of sp³-hybridized carbons (Fsp3) is 0.727. The zero-order valence-electron chi connectivity index (χ0n) is 9.43. The van der Waals surface area contributed by atoms with E-state index in [1.165, 1.54) is 17.7 Å². The number of hydrogen-bond donors (Lipinski definition) is 2. The van der Waals surface area contributed by atoms with E-state index in [4.69, 9.17) is 0 Å². The van der Waals surface area contributed by atoms with Crippen LogP contribution in [0.5, 0.6) is 0 Å². The Hall–Kier alpha value is -0.830. The molecule has 3 heteroatoms. The highest BCUT2D eigenvalue weighted by atomic mass is 15.1. The van der Waals surface area contributed by atoms with Crippen molar-refractivity contribution in [1.82, 2.24) is 15.5 Å². The zero-order valence-corrected chi connectivity index (χ0v) is 9.43. The molecule has 2 N–H and O–H groups in total. The molecular weight excluding hydrogens is 174 g/mol. The van der Waals surface area contributed by atoms with E-state index in [9.17, 15) is 0 Å². The highest BCUT2D eigenvalue weighted by Gasteiger charge is 1.99. The second kappa shape index (κ2) is 5.81. The Morgan fingerprint density at radius 2 is 2.29 bits per heavy atom. The average Bonchev–Trinajstić information content (AvgIpc) is 2.51. The normalized spacial score (nSPS) is 11.1. The third-order valence-corrected chi connectivity index (χ3v) is 2.29. The minimum atomic E-state index is 0.741. The summed E-state index contributed by atoms with van der Waals surface area (Å²) in [6.07, 6.45) is 4.23. The molecule has 1 aromatic rings. The van der Waals surface area contributed by atoms with Crippen molar-refractivity contribution in [2.24, 2.45) is 5.92 Å². The molecule has 0 unspecified atom stereocenters. The van der Waals surface area contributed by atoms with Crippen LogP contribution in [-0.2, 0) is 6.42 Å². The minimum Gasteiger partial charge on any atom is -0.316 e. The summed E-state index contributed by atoms with van der Waals surface area (Å²) in [5.41, 5.74) is 2.55. The first-order chi connectivity index (χ1) is 6.70. The van der Waals surface area contributed by atoms with E-state index in [-0.39, 0.29) is 0 Å². The van der Waals surface area contributed by atoms with Crippen LogP contribution in [0.2, 0.25) is 0 Å². The zero-order chi connectivity index (χ0) is 10.4. The molecule has 3 nitrogen and oxygen atoms in total. The van der Waals surface area contributed by atoms with Crippen LogP contribution in [0.15, 0.2) is 6.20 Å². The van der Waals surface area contributed by atoms with Gasteiger partial charge in [-0.3, -0.25) is 5.10 Å². The number of rotatable bonds is 6. The third kappa shape index (κ3) is 3.92. The molecule has 80 valence electrons. The second-order valence-corrected chi connectivity index (χ2v) is 4.22. The summed E-state index contributed by atoms with van der Waals surface area (Å²) in [5, 5.41) is 10.4. The fourth-order valence-electron chi connectivity index (χ4n) is 1.42. The predicted octanol–water partition coefficient (Wildman–Crippen LogP) is 1.90. The lowest BCUT2D eigenvalue weighted by Crippen LogP contribution is -2.21. The Bertz CT molecular complexity index is 253. The Kier molecular flexibility index (Phi) is 4.66. The van der Waals surface area contributed by atoms with Gasteiger partial charge in [-0.05, 0) is 44.3 Å². The van der Waals surface area contributed by atoms with Gasteiger partial charge in [-0.15, -0.1) is 0 Å². The number of aryl methyl sites for hydroxylation is 2. The Balaban J connectivity index is 2.08. The summed E-state index contributed by atoms with van der Waals surface area (Å²) in [6.45, 7) is 8.75. The van der Waals surface area contributed by atoms with Crippen molar-refractivity contribution in [3.8, 4) is 0 Å². The maximum Gasteiger partial charge on any atom is 0.0522 e. The van der Waals surface area contributed by atoms with Crippen LogP contribution in [-0.4, -0.2) is 23.3 Å². The lowest BCUT2D eigenvalue weighted by molar-refractivity contribution is 0.543. The molecular formula is C11H21N3. The van der Waals surface area contributed by atoms with Crippen LogP contribution in [0.3, 0.4) is 0 Å². The van der Waals surface area contributed by atoms with Crippen LogP contribution in [0.25, 0.3) is 0 Å². The van der Waals surface area contributed by atoms with Gasteiger partial charge in [0.1, 0.15) is 0 Å². The predicted molar refractivity (Wildman–Crippen MR) is 59.4 cm³/mol. The van der Waals surface area contributed by atoms with E-state index in [2.05, 4.69) is 36.3 Å². The molecule has 0 bridgehead atoms. The van der Waals surface area contributed by atoms with Gasteiger partial charge in [0, 0.05) is 5.69 Å². The maximum atomic E-state index is 4.00.